The average Bonchev–Trinajstić information content (AvgIpc) is 3.09. The first-order valence-corrected chi connectivity index (χ1v) is 6.89. The molecule has 0 radical (unpaired) electrons. The minimum atomic E-state index is -4.41. The zero-order valence-corrected chi connectivity index (χ0v) is 11.6. The van der Waals surface area contributed by atoms with E-state index in [0.29, 0.717) is 11.7 Å². The Morgan fingerprint density at radius 1 is 1.29 bits per heavy atom. The Morgan fingerprint density at radius 2 is 2.05 bits per heavy atom. The van der Waals surface area contributed by atoms with Gasteiger partial charge in [-0.25, -0.2) is 4.68 Å². The summed E-state index contributed by atoms with van der Waals surface area (Å²) in [5, 5.41) is 7.01. The van der Waals surface area contributed by atoms with Crippen LogP contribution in [0.3, 0.4) is 0 Å². The molecule has 21 heavy (non-hydrogen) atoms. The Morgan fingerprint density at radius 3 is 2.62 bits per heavy atom. The molecule has 1 aromatic heterocycles. The number of aryl methyl sites for hydroxylation is 1. The molecule has 0 bridgehead atoms. The number of rotatable bonds is 4. The summed E-state index contributed by atoms with van der Waals surface area (Å²) in [6, 6.07) is 7.21. The quantitative estimate of drug-likeness (QED) is 0.936. The fraction of sp³-hybridized carbons (Fsp3) is 0.400. The lowest BCUT2D eigenvalue weighted by atomic mass is 10.1. The Labute approximate surface area is 120 Å². The molecule has 1 aliphatic rings. The fourth-order valence-electron chi connectivity index (χ4n) is 2.18. The van der Waals surface area contributed by atoms with Gasteiger partial charge in [-0.05, 0) is 49.1 Å². The van der Waals surface area contributed by atoms with Crippen molar-refractivity contribution in [2.24, 2.45) is 0 Å². The van der Waals surface area contributed by atoms with E-state index >= 15 is 0 Å². The summed E-state index contributed by atoms with van der Waals surface area (Å²) in [7, 11) is 0. The van der Waals surface area contributed by atoms with Gasteiger partial charge in [0, 0.05) is 18.8 Å². The summed E-state index contributed by atoms with van der Waals surface area (Å²) in [6.45, 7) is 2.76. The van der Waals surface area contributed by atoms with Crippen molar-refractivity contribution in [3.05, 3.63) is 47.3 Å². The Bertz CT molecular complexity index is 642. The standard InChI is InChI=1S/C15H16F3N3/c1-10-8-13(5-2-11(10)9-19-12-3-4-12)21-7-6-14(20-21)15(16,17)18/h2,5-8,12,19H,3-4,9H2,1H3. The van der Waals surface area contributed by atoms with Crippen LogP contribution in [-0.2, 0) is 12.7 Å². The van der Waals surface area contributed by atoms with E-state index in [1.807, 2.05) is 19.1 Å². The number of hydrogen-bond donors (Lipinski definition) is 1. The number of aromatic nitrogens is 2. The van der Waals surface area contributed by atoms with Crippen LogP contribution in [0.4, 0.5) is 13.2 Å². The SMILES string of the molecule is Cc1cc(-n2ccc(C(F)(F)F)n2)ccc1CNC1CC1. The lowest BCUT2D eigenvalue weighted by molar-refractivity contribution is -0.141. The molecule has 2 aromatic rings. The van der Waals surface area contributed by atoms with Gasteiger partial charge >= 0.3 is 6.18 Å². The van der Waals surface area contributed by atoms with E-state index in [1.165, 1.54) is 23.7 Å². The van der Waals surface area contributed by atoms with Crippen molar-refractivity contribution < 1.29 is 13.2 Å². The van der Waals surface area contributed by atoms with E-state index in [1.54, 1.807) is 6.07 Å². The van der Waals surface area contributed by atoms with Gasteiger partial charge in [0.1, 0.15) is 0 Å². The topological polar surface area (TPSA) is 29.9 Å². The van der Waals surface area contributed by atoms with Crippen LogP contribution in [0.5, 0.6) is 0 Å². The van der Waals surface area contributed by atoms with Crippen LogP contribution in [0.25, 0.3) is 5.69 Å². The maximum atomic E-state index is 12.6. The maximum absolute atomic E-state index is 12.6. The molecule has 1 aromatic carbocycles. The van der Waals surface area contributed by atoms with Crippen molar-refractivity contribution in [2.75, 3.05) is 0 Å². The molecule has 1 aliphatic carbocycles. The lowest BCUT2D eigenvalue weighted by Crippen LogP contribution is -2.16. The highest BCUT2D eigenvalue weighted by Gasteiger charge is 2.33. The van der Waals surface area contributed by atoms with Gasteiger partial charge in [-0.15, -0.1) is 0 Å². The molecule has 3 nitrogen and oxygen atoms in total. The number of nitrogens with one attached hydrogen (secondary N) is 1. The molecule has 6 heteroatoms. The van der Waals surface area contributed by atoms with Gasteiger partial charge in [0.05, 0.1) is 5.69 Å². The fourth-order valence-corrected chi connectivity index (χ4v) is 2.18. The third kappa shape index (κ3) is 3.26. The number of hydrogen-bond acceptors (Lipinski definition) is 2. The molecule has 1 saturated carbocycles. The highest BCUT2D eigenvalue weighted by molar-refractivity contribution is 5.40. The Hall–Kier alpha value is -1.82. The molecule has 0 atom stereocenters. The van der Waals surface area contributed by atoms with Crippen molar-refractivity contribution >= 4 is 0 Å². The monoisotopic (exact) mass is 295 g/mol. The van der Waals surface area contributed by atoms with Crippen LogP contribution in [0, 0.1) is 6.92 Å². The second-order valence-electron chi connectivity index (χ2n) is 5.41. The molecule has 112 valence electrons. The Kier molecular flexibility index (Phi) is 3.49. The molecule has 0 saturated heterocycles. The van der Waals surface area contributed by atoms with Gasteiger partial charge in [0.2, 0.25) is 0 Å². The number of nitrogens with zero attached hydrogens (tertiary/aromatic N) is 2. The zero-order valence-electron chi connectivity index (χ0n) is 11.6. The van der Waals surface area contributed by atoms with Crippen molar-refractivity contribution in [3.63, 3.8) is 0 Å². The number of alkyl halides is 3. The van der Waals surface area contributed by atoms with E-state index in [9.17, 15) is 13.2 Å². The Balaban J connectivity index is 1.79. The third-order valence-electron chi connectivity index (χ3n) is 3.63. The van der Waals surface area contributed by atoms with Crippen LogP contribution >= 0.6 is 0 Å². The molecule has 1 fully saturated rings. The molecule has 1 N–H and O–H groups in total. The van der Waals surface area contributed by atoms with Gasteiger partial charge < -0.3 is 5.32 Å². The highest BCUT2D eigenvalue weighted by Crippen LogP contribution is 2.28. The second-order valence-corrected chi connectivity index (χ2v) is 5.41. The second kappa shape index (κ2) is 5.18. The van der Waals surface area contributed by atoms with E-state index in [2.05, 4.69) is 10.4 Å². The molecule has 0 unspecified atom stereocenters. The van der Waals surface area contributed by atoms with E-state index in [-0.39, 0.29) is 0 Å². The first-order valence-electron chi connectivity index (χ1n) is 6.89. The number of halogens is 3. The molecule has 3 rings (SSSR count). The zero-order chi connectivity index (χ0) is 15.0. The van der Waals surface area contributed by atoms with Crippen molar-refractivity contribution in [3.8, 4) is 5.69 Å². The van der Waals surface area contributed by atoms with Gasteiger partial charge in [-0.1, -0.05) is 6.07 Å². The van der Waals surface area contributed by atoms with E-state index in [4.69, 9.17) is 0 Å². The summed E-state index contributed by atoms with van der Waals surface area (Å²) >= 11 is 0. The molecule has 0 aliphatic heterocycles. The van der Waals surface area contributed by atoms with Gasteiger partial charge in [0.25, 0.3) is 0 Å². The average molecular weight is 295 g/mol. The largest absolute Gasteiger partial charge is 0.435 e. The molecular formula is C15H16F3N3. The van der Waals surface area contributed by atoms with Crippen molar-refractivity contribution in [1.82, 2.24) is 15.1 Å². The van der Waals surface area contributed by atoms with Crippen LogP contribution < -0.4 is 5.32 Å². The summed E-state index contributed by atoms with van der Waals surface area (Å²) in [5.74, 6) is 0. The summed E-state index contributed by atoms with van der Waals surface area (Å²) < 4.78 is 38.9. The maximum Gasteiger partial charge on any atom is 0.435 e. The number of benzene rings is 1. The summed E-state index contributed by atoms with van der Waals surface area (Å²) in [5.41, 5.74) is 1.97. The minimum absolute atomic E-state index is 0.629. The van der Waals surface area contributed by atoms with Gasteiger partial charge in [-0.3, -0.25) is 0 Å². The van der Waals surface area contributed by atoms with Crippen LogP contribution in [0.1, 0.15) is 29.7 Å². The van der Waals surface area contributed by atoms with E-state index < -0.39 is 11.9 Å². The summed E-state index contributed by atoms with van der Waals surface area (Å²) in [6.07, 6.45) is -0.622. The predicted molar refractivity (Wildman–Crippen MR) is 73.2 cm³/mol. The van der Waals surface area contributed by atoms with Crippen LogP contribution in [0.2, 0.25) is 0 Å². The first-order chi connectivity index (χ1) is 9.93. The van der Waals surface area contributed by atoms with Gasteiger partial charge in [-0.2, -0.15) is 18.3 Å². The predicted octanol–water partition coefficient (Wildman–Crippen LogP) is 3.45. The minimum Gasteiger partial charge on any atom is -0.310 e. The molecule has 1 heterocycles. The lowest BCUT2D eigenvalue weighted by Gasteiger charge is -2.10. The smallest absolute Gasteiger partial charge is 0.310 e. The van der Waals surface area contributed by atoms with E-state index in [0.717, 1.165) is 23.7 Å². The first kappa shape index (κ1) is 14.1. The third-order valence-corrected chi connectivity index (χ3v) is 3.63. The van der Waals surface area contributed by atoms with Gasteiger partial charge in [0.15, 0.2) is 5.69 Å². The van der Waals surface area contributed by atoms with Crippen molar-refractivity contribution in [2.45, 2.75) is 38.5 Å². The molecule has 0 amide bonds. The van der Waals surface area contributed by atoms with Crippen LogP contribution in [0.15, 0.2) is 30.5 Å². The summed E-state index contributed by atoms with van der Waals surface area (Å²) in [4.78, 5) is 0. The van der Waals surface area contributed by atoms with Crippen molar-refractivity contribution in [1.29, 1.82) is 0 Å². The molecule has 0 spiro atoms. The highest BCUT2D eigenvalue weighted by atomic mass is 19.4. The molecular weight excluding hydrogens is 279 g/mol. The normalized spacial score (nSPS) is 15.4. The van der Waals surface area contributed by atoms with Crippen LogP contribution in [-0.4, -0.2) is 15.8 Å².